The first-order valence-corrected chi connectivity index (χ1v) is 6.81. The minimum atomic E-state index is -1.27. The molecule has 112 valence electrons. The van der Waals surface area contributed by atoms with E-state index in [1.807, 2.05) is 0 Å². The zero-order valence-electron chi connectivity index (χ0n) is 11.5. The summed E-state index contributed by atoms with van der Waals surface area (Å²) in [6, 6.07) is 3.79. The number of hydrogen-bond donors (Lipinski definition) is 1. The molecule has 6 nitrogen and oxygen atoms in total. The van der Waals surface area contributed by atoms with Crippen molar-refractivity contribution >= 4 is 17.6 Å². The van der Waals surface area contributed by atoms with Crippen LogP contribution in [0.2, 0.25) is 5.02 Å². The van der Waals surface area contributed by atoms with Crippen LogP contribution in [0.1, 0.15) is 26.7 Å². The summed E-state index contributed by atoms with van der Waals surface area (Å²) in [7, 11) is 0. The Bertz CT molecular complexity index is 670. The summed E-state index contributed by atoms with van der Waals surface area (Å²) < 4.78 is 14.4. The molecule has 1 aromatic carbocycles. The number of aromatic nitrogens is 4. The summed E-state index contributed by atoms with van der Waals surface area (Å²) in [4.78, 5) is 11.7. The molecule has 8 heteroatoms. The quantitative estimate of drug-likeness (QED) is 0.918. The Morgan fingerprint density at radius 3 is 2.62 bits per heavy atom. The first kappa shape index (κ1) is 15.4. The second-order valence-electron chi connectivity index (χ2n) is 4.58. The van der Waals surface area contributed by atoms with Crippen molar-refractivity contribution in [2.45, 2.75) is 32.2 Å². The van der Waals surface area contributed by atoms with Crippen molar-refractivity contribution in [1.29, 1.82) is 0 Å². The molecule has 1 aromatic heterocycles. The standard InChI is InChI=1S/C13H14ClFN4O2/c1-3-13(4-2,12(20)21)19-11(16-17-18-19)9-6-5-8(15)7-10(9)14/h5-7H,3-4H2,1-2H3,(H,20,21). The number of carbonyl (C=O) groups is 1. The van der Waals surface area contributed by atoms with Crippen LogP contribution in [0.25, 0.3) is 11.4 Å². The number of hydrogen-bond acceptors (Lipinski definition) is 4. The van der Waals surface area contributed by atoms with Crippen molar-refractivity contribution in [3.63, 3.8) is 0 Å². The van der Waals surface area contributed by atoms with Crippen LogP contribution in [0.5, 0.6) is 0 Å². The van der Waals surface area contributed by atoms with Gasteiger partial charge in [0.2, 0.25) is 0 Å². The van der Waals surface area contributed by atoms with Crippen LogP contribution < -0.4 is 0 Å². The minimum Gasteiger partial charge on any atom is -0.479 e. The molecule has 0 radical (unpaired) electrons. The Hall–Kier alpha value is -2.02. The number of nitrogens with zero attached hydrogens (tertiary/aromatic N) is 4. The fourth-order valence-electron chi connectivity index (χ4n) is 2.26. The number of rotatable bonds is 5. The zero-order chi connectivity index (χ0) is 15.6. The van der Waals surface area contributed by atoms with Gasteiger partial charge < -0.3 is 5.11 Å². The van der Waals surface area contributed by atoms with Crippen LogP contribution in [0.4, 0.5) is 4.39 Å². The van der Waals surface area contributed by atoms with Crippen LogP contribution >= 0.6 is 11.6 Å². The van der Waals surface area contributed by atoms with Gasteiger partial charge >= 0.3 is 5.97 Å². The Kier molecular flexibility index (Phi) is 4.22. The SMILES string of the molecule is CCC(CC)(C(=O)O)n1nnnc1-c1ccc(F)cc1Cl. The highest BCUT2D eigenvalue weighted by molar-refractivity contribution is 6.33. The van der Waals surface area contributed by atoms with Gasteiger partial charge in [-0.2, -0.15) is 0 Å². The lowest BCUT2D eigenvalue weighted by Gasteiger charge is -2.27. The predicted molar refractivity (Wildman–Crippen MR) is 74.4 cm³/mol. The van der Waals surface area contributed by atoms with Gasteiger partial charge in [0.15, 0.2) is 11.4 Å². The van der Waals surface area contributed by atoms with Crippen molar-refractivity contribution in [1.82, 2.24) is 20.2 Å². The highest BCUT2D eigenvalue weighted by atomic mass is 35.5. The Morgan fingerprint density at radius 1 is 1.43 bits per heavy atom. The van der Waals surface area contributed by atoms with Gasteiger partial charge in [0.05, 0.1) is 5.02 Å². The largest absolute Gasteiger partial charge is 0.479 e. The molecule has 0 unspecified atom stereocenters. The first-order chi connectivity index (χ1) is 9.96. The van der Waals surface area contributed by atoms with E-state index in [2.05, 4.69) is 15.5 Å². The molecule has 0 saturated carbocycles. The molecule has 0 atom stereocenters. The van der Waals surface area contributed by atoms with Gasteiger partial charge in [0.1, 0.15) is 5.82 Å². The molecule has 0 aliphatic rings. The third kappa shape index (κ3) is 2.49. The highest BCUT2D eigenvalue weighted by Gasteiger charge is 2.40. The van der Waals surface area contributed by atoms with Gasteiger partial charge in [-0.05, 0) is 41.5 Å². The van der Waals surface area contributed by atoms with Gasteiger partial charge in [-0.15, -0.1) is 5.10 Å². The summed E-state index contributed by atoms with van der Waals surface area (Å²) in [6.45, 7) is 3.49. The van der Waals surface area contributed by atoms with Crippen LogP contribution in [-0.4, -0.2) is 31.3 Å². The fraction of sp³-hybridized carbons (Fsp3) is 0.385. The van der Waals surface area contributed by atoms with E-state index in [1.54, 1.807) is 13.8 Å². The Labute approximate surface area is 125 Å². The molecule has 2 rings (SSSR count). The van der Waals surface area contributed by atoms with Crippen LogP contribution in [-0.2, 0) is 10.3 Å². The van der Waals surface area contributed by atoms with E-state index in [1.165, 1.54) is 16.8 Å². The third-order valence-electron chi connectivity index (χ3n) is 3.61. The van der Waals surface area contributed by atoms with E-state index >= 15 is 0 Å². The second-order valence-corrected chi connectivity index (χ2v) is 4.99. The lowest BCUT2D eigenvalue weighted by molar-refractivity contribution is -0.148. The van der Waals surface area contributed by atoms with Gasteiger partial charge in [0.25, 0.3) is 0 Å². The molecule has 21 heavy (non-hydrogen) atoms. The molecule has 2 aromatic rings. The number of halogens is 2. The minimum absolute atomic E-state index is 0.123. The van der Waals surface area contributed by atoms with E-state index in [0.29, 0.717) is 18.4 Å². The molecular formula is C13H14ClFN4O2. The lowest BCUT2D eigenvalue weighted by atomic mass is 9.92. The first-order valence-electron chi connectivity index (χ1n) is 6.44. The lowest BCUT2D eigenvalue weighted by Crippen LogP contribution is -2.42. The summed E-state index contributed by atoms with van der Waals surface area (Å²) in [5.74, 6) is -1.32. The van der Waals surface area contributed by atoms with E-state index < -0.39 is 17.3 Å². The molecule has 0 fully saturated rings. The molecule has 0 bridgehead atoms. The molecule has 1 N–H and O–H groups in total. The van der Waals surface area contributed by atoms with Gasteiger partial charge in [0, 0.05) is 5.56 Å². The smallest absolute Gasteiger partial charge is 0.331 e. The second kappa shape index (κ2) is 5.77. The van der Waals surface area contributed by atoms with Crippen molar-refractivity contribution in [3.8, 4) is 11.4 Å². The van der Waals surface area contributed by atoms with Gasteiger partial charge in [-0.3, -0.25) is 0 Å². The average Bonchev–Trinajstić information content (AvgIpc) is 2.90. The van der Waals surface area contributed by atoms with Gasteiger partial charge in [-0.25, -0.2) is 13.9 Å². The van der Waals surface area contributed by atoms with Crippen molar-refractivity contribution < 1.29 is 14.3 Å². The molecule has 0 spiro atoms. The number of aliphatic carboxylic acids is 1. The topological polar surface area (TPSA) is 80.9 Å². The van der Waals surface area contributed by atoms with E-state index in [4.69, 9.17) is 11.6 Å². The summed E-state index contributed by atoms with van der Waals surface area (Å²) >= 11 is 6.01. The Balaban J connectivity index is 2.64. The number of carboxylic acids is 1. The van der Waals surface area contributed by atoms with Crippen LogP contribution in [0, 0.1) is 5.82 Å². The molecule has 1 heterocycles. The van der Waals surface area contributed by atoms with E-state index in [0.717, 1.165) is 6.07 Å². The van der Waals surface area contributed by atoms with Crippen LogP contribution in [0.15, 0.2) is 18.2 Å². The predicted octanol–water partition coefficient (Wildman–Crippen LogP) is 2.73. The van der Waals surface area contributed by atoms with E-state index in [-0.39, 0.29) is 10.8 Å². The maximum absolute atomic E-state index is 13.1. The molecular weight excluding hydrogens is 299 g/mol. The van der Waals surface area contributed by atoms with E-state index in [9.17, 15) is 14.3 Å². The molecule has 0 saturated heterocycles. The molecule has 0 aliphatic heterocycles. The van der Waals surface area contributed by atoms with Gasteiger partial charge in [-0.1, -0.05) is 25.4 Å². The third-order valence-corrected chi connectivity index (χ3v) is 3.93. The zero-order valence-corrected chi connectivity index (χ0v) is 12.3. The van der Waals surface area contributed by atoms with Crippen molar-refractivity contribution in [2.24, 2.45) is 0 Å². The summed E-state index contributed by atoms with van der Waals surface area (Å²) in [5, 5.41) is 20.9. The monoisotopic (exact) mass is 312 g/mol. The number of tetrazole rings is 1. The van der Waals surface area contributed by atoms with Crippen molar-refractivity contribution in [3.05, 3.63) is 29.0 Å². The normalized spacial score (nSPS) is 11.6. The maximum Gasteiger partial charge on any atom is 0.331 e. The maximum atomic E-state index is 13.1. The van der Waals surface area contributed by atoms with Crippen molar-refractivity contribution in [2.75, 3.05) is 0 Å². The number of benzene rings is 1. The number of carboxylic acid groups (broad SMARTS) is 1. The molecule has 0 amide bonds. The molecule has 0 aliphatic carbocycles. The summed E-state index contributed by atoms with van der Waals surface area (Å²) in [6.07, 6.45) is 0.603. The fourth-order valence-corrected chi connectivity index (χ4v) is 2.51. The Morgan fingerprint density at radius 2 is 2.10 bits per heavy atom. The van der Waals surface area contributed by atoms with Crippen LogP contribution in [0.3, 0.4) is 0 Å². The summed E-state index contributed by atoms with van der Waals surface area (Å²) in [5.41, 5.74) is -0.883. The highest BCUT2D eigenvalue weighted by Crippen LogP contribution is 2.32. The average molecular weight is 313 g/mol.